The van der Waals surface area contributed by atoms with Crippen molar-refractivity contribution in [2.24, 2.45) is 0 Å². The number of aryl methyl sites for hydroxylation is 1. The Hall–Kier alpha value is -1.18. The van der Waals surface area contributed by atoms with E-state index in [-0.39, 0.29) is 17.2 Å². The summed E-state index contributed by atoms with van der Waals surface area (Å²) in [5.41, 5.74) is 0.0977. The molecule has 116 valence electrons. The molecule has 1 N–H and O–H groups in total. The lowest BCUT2D eigenvalue weighted by Crippen LogP contribution is -2.40. The summed E-state index contributed by atoms with van der Waals surface area (Å²) in [7, 11) is 0.932. The van der Waals surface area contributed by atoms with Crippen LogP contribution in [0.2, 0.25) is 0 Å². The summed E-state index contributed by atoms with van der Waals surface area (Å²) in [5, 5.41) is 2.74. The highest BCUT2D eigenvalue weighted by molar-refractivity contribution is 8.13. The minimum Gasteiger partial charge on any atom is -0.379 e. The summed E-state index contributed by atoms with van der Waals surface area (Å²) in [6.45, 7) is 2.45. The molecule has 0 spiro atoms. The van der Waals surface area contributed by atoms with Gasteiger partial charge >= 0.3 is 0 Å². The van der Waals surface area contributed by atoms with Gasteiger partial charge in [-0.25, -0.2) is 12.8 Å². The Bertz CT molecular complexity index is 656. The van der Waals surface area contributed by atoms with Crippen LogP contribution in [0.1, 0.15) is 28.8 Å². The number of halogens is 2. The highest BCUT2D eigenvalue weighted by atomic mass is 35.7. The molecule has 1 heterocycles. The summed E-state index contributed by atoms with van der Waals surface area (Å²) in [6, 6.07) is 2.11. The van der Waals surface area contributed by atoms with Gasteiger partial charge in [-0.05, 0) is 37.5 Å². The maximum absolute atomic E-state index is 13.8. The van der Waals surface area contributed by atoms with Crippen LogP contribution in [0.5, 0.6) is 0 Å². The fourth-order valence-electron chi connectivity index (χ4n) is 2.17. The van der Waals surface area contributed by atoms with E-state index in [1.165, 1.54) is 13.0 Å². The SMILES string of the molecule is Cc1cc(C(=O)NC2CCCOC2)cc(S(=O)(=O)Cl)c1F. The lowest BCUT2D eigenvalue weighted by molar-refractivity contribution is 0.0624. The first kappa shape index (κ1) is 16.2. The van der Waals surface area contributed by atoms with Gasteiger partial charge in [0.2, 0.25) is 0 Å². The van der Waals surface area contributed by atoms with Gasteiger partial charge in [-0.2, -0.15) is 0 Å². The molecule has 1 fully saturated rings. The van der Waals surface area contributed by atoms with Gasteiger partial charge in [0.25, 0.3) is 15.0 Å². The molecule has 0 radical (unpaired) electrons. The number of ether oxygens (including phenoxy) is 1. The van der Waals surface area contributed by atoms with Gasteiger partial charge in [0.05, 0.1) is 12.6 Å². The number of benzene rings is 1. The summed E-state index contributed by atoms with van der Waals surface area (Å²) >= 11 is 0. The molecule has 1 unspecified atom stereocenters. The smallest absolute Gasteiger partial charge is 0.264 e. The number of hydrogen-bond acceptors (Lipinski definition) is 4. The largest absolute Gasteiger partial charge is 0.379 e. The van der Waals surface area contributed by atoms with E-state index in [1.807, 2.05) is 0 Å². The Morgan fingerprint density at radius 1 is 1.48 bits per heavy atom. The zero-order valence-corrected chi connectivity index (χ0v) is 12.9. The van der Waals surface area contributed by atoms with Gasteiger partial charge in [-0.3, -0.25) is 4.79 Å². The monoisotopic (exact) mass is 335 g/mol. The summed E-state index contributed by atoms with van der Waals surface area (Å²) < 4.78 is 41.7. The van der Waals surface area contributed by atoms with Crippen LogP contribution in [0, 0.1) is 12.7 Å². The summed E-state index contributed by atoms with van der Waals surface area (Å²) in [4.78, 5) is 11.4. The average molecular weight is 336 g/mol. The molecule has 1 aromatic carbocycles. The fraction of sp³-hybridized carbons (Fsp3) is 0.462. The van der Waals surface area contributed by atoms with Crippen molar-refractivity contribution in [3.05, 3.63) is 29.1 Å². The number of hydrogen-bond donors (Lipinski definition) is 1. The molecule has 8 heteroatoms. The minimum atomic E-state index is -4.25. The first-order valence-corrected chi connectivity index (χ1v) is 8.73. The predicted octanol–water partition coefficient (Wildman–Crippen LogP) is 1.97. The van der Waals surface area contributed by atoms with Crippen LogP contribution in [0.25, 0.3) is 0 Å². The molecule has 1 amide bonds. The van der Waals surface area contributed by atoms with E-state index in [9.17, 15) is 17.6 Å². The van der Waals surface area contributed by atoms with Crippen LogP contribution in [-0.4, -0.2) is 33.6 Å². The van der Waals surface area contributed by atoms with Crippen molar-refractivity contribution in [2.45, 2.75) is 30.7 Å². The third-order valence-corrected chi connectivity index (χ3v) is 4.56. The van der Waals surface area contributed by atoms with Crippen molar-refractivity contribution >= 4 is 25.6 Å². The standard InChI is InChI=1S/C13H15ClFNO4S/c1-8-5-9(6-11(12(8)15)21(14,18)19)13(17)16-10-3-2-4-20-7-10/h5-6,10H,2-4,7H2,1H3,(H,16,17). The van der Waals surface area contributed by atoms with E-state index < -0.39 is 25.7 Å². The summed E-state index contributed by atoms with van der Waals surface area (Å²) in [5.74, 6) is -1.42. The van der Waals surface area contributed by atoms with Gasteiger partial charge < -0.3 is 10.1 Å². The Labute approximate surface area is 126 Å². The number of nitrogens with one attached hydrogen (secondary N) is 1. The molecule has 1 aliphatic rings. The topological polar surface area (TPSA) is 72.5 Å². The summed E-state index contributed by atoms with van der Waals surface area (Å²) in [6.07, 6.45) is 1.63. The molecule has 2 rings (SSSR count). The second kappa shape index (κ2) is 6.29. The highest BCUT2D eigenvalue weighted by Gasteiger charge is 2.23. The lowest BCUT2D eigenvalue weighted by atomic mass is 10.1. The van der Waals surface area contributed by atoms with Crippen LogP contribution in [-0.2, 0) is 13.8 Å². The maximum Gasteiger partial charge on any atom is 0.264 e. The zero-order chi connectivity index (χ0) is 15.6. The molecule has 0 saturated carbocycles. The van der Waals surface area contributed by atoms with E-state index in [4.69, 9.17) is 15.4 Å². The molecular weight excluding hydrogens is 321 g/mol. The van der Waals surface area contributed by atoms with Crippen LogP contribution in [0.15, 0.2) is 17.0 Å². The number of rotatable bonds is 3. The molecule has 0 aliphatic carbocycles. The zero-order valence-electron chi connectivity index (χ0n) is 11.4. The van der Waals surface area contributed by atoms with E-state index in [0.717, 1.165) is 18.9 Å². The van der Waals surface area contributed by atoms with E-state index in [1.54, 1.807) is 0 Å². The fourth-order valence-corrected chi connectivity index (χ4v) is 3.15. The van der Waals surface area contributed by atoms with Crippen molar-refractivity contribution in [2.75, 3.05) is 13.2 Å². The van der Waals surface area contributed by atoms with Gasteiger partial charge in [0, 0.05) is 22.9 Å². The molecule has 21 heavy (non-hydrogen) atoms. The Morgan fingerprint density at radius 3 is 2.76 bits per heavy atom. The molecule has 0 aromatic heterocycles. The van der Waals surface area contributed by atoms with Gasteiger partial charge in [-0.15, -0.1) is 0 Å². The normalized spacial score (nSPS) is 19.3. The van der Waals surface area contributed by atoms with Gasteiger partial charge in [0.1, 0.15) is 10.7 Å². The van der Waals surface area contributed by atoms with E-state index in [2.05, 4.69) is 5.32 Å². The molecule has 1 aromatic rings. The van der Waals surface area contributed by atoms with E-state index in [0.29, 0.717) is 13.2 Å². The lowest BCUT2D eigenvalue weighted by Gasteiger charge is -2.23. The third-order valence-electron chi connectivity index (χ3n) is 3.24. The van der Waals surface area contributed by atoms with Crippen LogP contribution in [0.3, 0.4) is 0 Å². The van der Waals surface area contributed by atoms with Gasteiger partial charge in [-0.1, -0.05) is 0 Å². The number of carbonyl (C=O) groups is 1. The molecule has 1 saturated heterocycles. The Kier molecular flexibility index (Phi) is 4.85. The van der Waals surface area contributed by atoms with Crippen LogP contribution in [0.4, 0.5) is 4.39 Å². The van der Waals surface area contributed by atoms with Crippen molar-refractivity contribution in [1.82, 2.24) is 5.32 Å². The molecule has 0 bridgehead atoms. The Balaban J connectivity index is 2.27. The third kappa shape index (κ3) is 3.93. The van der Waals surface area contributed by atoms with Crippen molar-refractivity contribution in [3.63, 3.8) is 0 Å². The van der Waals surface area contributed by atoms with Gasteiger partial charge in [0.15, 0.2) is 0 Å². The highest BCUT2D eigenvalue weighted by Crippen LogP contribution is 2.23. The van der Waals surface area contributed by atoms with Crippen molar-refractivity contribution in [3.8, 4) is 0 Å². The minimum absolute atomic E-state index is 0.0433. The number of amides is 1. The second-order valence-electron chi connectivity index (χ2n) is 4.93. The maximum atomic E-state index is 13.8. The number of carbonyl (C=O) groups excluding carboxylic acids is 1. The second-order valence-corrected chi connectivity index (χ2v) is 7.47. The van der Waals surface area contributed by atoms with E-state index >= 15 is 0 Å². The molecular formula is C13H15ClFNO4S. The van der Waals surface area contributed by atoms with Crippen LogP contribution < -0.4 is 5.32 Å². The quantitative estimate of drug-likeness (QED) is 0.857. The van der Waals surface area contributed by atoms with Crippen molar-refractivity contribution in [1.29, 1.82) is 0 Å². The predicted molar refractivity (Wildman–Crippen MR) is 75.5 cm³/mol. The molecule has 1 atom stereocenters. The Morgan fingerprint density at radius 2 is 2.19 bits per heavy atom. The van der Waals surface area contributed by atoms with Crippen molar-refractivity contribution < 1.29 is 22.3 Å². The molecule has 1 aliphatic heterocycles. The molecule has 5 nitrogen and oxygen atoms in total. The first-order valence-electron chi connectivity index (χ1n) is 6.42. The average Bonchev–Trinajstić information content (AvgIpc) is 2.41. The first-order chi connectivity index (χ1) is 9.79. The van der Waals surface area contributed by atoms with Crippen LogP contribution >= 0.6 is 10.7 Å².